The number of hydrogen-bond acceptors (Lipinski definition) is 5. The van der Waals surface area contributed by atoms with Crippen molar-refractivity contribution in [3.8, 4) is 11.5 Å². The van der Waals surface area contributed by atoms with Crippen molar-refractivity contribution in [2.24, 2.45) is 5.10 Å². The first-order chi connectivity index (χ1) is 15.9. The summed E-state index contributed by atoms with van der Waals surface area (Å²) in [5.41, 5.74) is 4.57. The molecule has 3 rings (SSSR count). The molecular formula is C24H20ClFN2O5. The number of amides is 1. The Morgan fingerprint density at radius 3 is 2.39 bits per heavy atom. The van der Waals surface area contributed by atoms with Crippen LogP contribution in [0.25, 0.3) is 0 Å². The van der Waals surface area contributed by atoms with E-state index in [-0.39, 0.29) is 35.3 Å². The molecule has 0 atom stereocenters. The maximum Gasteiger partial charge on any atom is 0.335 e. The topological polar surface area (TPSA) is 97.2 Å². The van der Waals surface area contributed by atoms with E-state index in [0.29, 0.717) is 22.6 Å². The van der Waals surface area contributed by atoms with Gasteiger partial charge in [0.25, 0.3) is 0 Å². The van der Waals surface area contributed by atoms with Crippen LogP contribution in [-0.2, 0) is 17.8 Å². The molecule has 9 heteroatoms. The van der Waals surface area contributed by atoms with Crippen molar-refractivity contribution < 1.29 is 28.6 Å². The zero-order valence-corrected chi connectivity index (χ0v) is 18.3. The van der Waals surface area contributed by atoms with Crippen LogP contribution in [-0.4, -0.2) is 30.3 Å². The standard InChI is InChI=1S/C24H20ClFN2O5/c1-32-21-11-17(13-27-28-22(29)12-15-4-8-19(26)9-5-15)10-20(25)23(21)33-14-16-2-6-18(7-3-16)24(30)31/h2-11,13H,12,14H2,1H3,(H,28,29)(H,30,31)/b27-13+. The Balaban J connectivity index is 1.62. The molecule has 0 unspecified atom stereocenters. The van der Waals surface area contributed by atoms with Gasteiger partial charge in [0.2, 0.25) is 5.91 Å². The van der Waals surface area contributed by atoms with Crippen molar-refractivity contribution in [2.45, 2.75) is 13.0 Å². The van der Waals surface area contributed by atoms with Crippen molar-refractivity contribution in [3.63, 3.8) is 0 Å². The number of nitrogens with zero attached hydrogens (tertiary/aromatic N) is 1. The van der Waals surface area contributed by atoms with Crippen LogP contribution >= 0.6 is 11.6 Å². The molecule has 0 saturated heterocycles. The largest absolute Gasteiger partial charge is 0.493 e. The molecule has 0 heterocycles. The third-order valence-electron chi connectivity index (χ3n) is 4.52. The lowest BCUT2D eigenvalue weighted by Crippen LogP contribution is -2.19. The van der Waals surface area contributed by atoms with Gasteiger partial charge in [0, 0.05) is 0 Å². The number of carbonyl (C=O) groups is 2. The highest BCUT2D eigenvalue weighted by molar-refractivity contribution is 6.32. The predicted molar refractivity (Wildman–Crippen MR) is 122 cm³/mol. The second-order valence-corrected chi connectivity index (χ2v) is 7.33. The number of ether oxygens (including phenoxy) is 2. The van der Waals surface area contributed by atoms with Crippen molar-refractivity contribution in [1.82, 2.24) is 5.43 Å². The first-order valence-electron chi connectivity index (χ1n) is 9.74. The number of carboxylic acids is 1. The van der Waals surface area contributed by atoms with Gasteiger partial charge < -0.3 is 14.6 Å². The molecule has 0 fully saturated rings. The van der Waals surface area contributed by atoms with Gasteiger partial charge in [-0.05, 0) is 53.1 Å². The minimum Gasteiger partial charge on any atom is -0.493 e. The van der Waals surface area contributed by atoms with E-state index in [0.717, 1.165) is 5.56 Å². The van der Waals surface area contributed by atoms with Crippen LogP contribution in [0.4, 0.5) is 4.39 Å². The van der Waals surface area contributed by atoms with Crippen LogP contribution in [0.3, 0.4) is 0 Å². The number of carboxylic acid groups (broad SMARTS) is 1. The van der Waals surface area contributed by atoms with Gasteiger partial charge in [0.05, 0.1) is 30.3 Å². The van der Waals surface area contributed by atoms with Gasteiger partial charge >= 0.3 is 5.97 Å². The average molecular weight is 471 g/mol. The van der Waals surface area contributed by atoms with Crippen molar-refractivity contribution >= 4 is 29.7 Å². The molecular weight excluding hydrogens is 451 g/mol. The maximum atomic E-state index is 12.9. The molecule has 1 amide bonds. The number of carbonyl (C=O) groups excluding carboxylic acids is 1. The van der Waals surface area contributed by atoms with Crippen LogP contribution in [0.15, 0.2) is 65.8 Å². The van der Waals surface area contributed by atoms with Crippen molar-refractivity contribution in [2.75, 3.05) is 7.11 Å². The Bertz CT molecular complexity index is 1160. The van der Waals surface area contributed by atoms with Crippen LogP contribution in [0, 0.1) is 5.82 Å². The van der Waals surface area contributed by atoms with Crippen LogP contribution in [0.2, 0.25) is 5.02 Å². The van der Waals surface area contributed by atoms with E-state index in [1.807, 2.05) is 0 Å². The Labute approximate surface area is 194 Å². The Morgan fingerprint density at radius 1 is 1.09 bits per heavy atom. The average Bonchev–Trinajstić information content (AvgIpc) is 2.80. The molecule has 3 aromatic carbocycles. The normalized spacial score (nSPS) is 10.8. The van der Waals surface area contributed by atoms with Crippen LogP contribution in [0.5, 0.6) is 11.5 Å². The van der Waals surface area contributed by atoms with E-state index in [9.17, 15) is 14.0 Å². The molecule has 0 aliphatic rings. The first kappa shape index (κ1) is 23.7. The van der Waals surface area contributed by atoms with Crippen molar-refractivity contribution in [3.05, 3.63) is 93.8 Å². The Morgan fingerprint density at radius 2 is 1.76 bits per heavy atom. The summed E-state index contributed by atoms with van der Waals surface area (Å²) in [5, 5.41) is 13.2. The summed E-state index contributed by atoms with van der Waals surface area (Å²) in [4.78, 5) is 22.9. The quantitative estimate of drug-likeness (QED) is 0.355. The number of nitrogens with one attached hydrogen (secondary N) is 1. The number of methoxy groups -OCH3 is 1. The van der Waals surface area contributed by atoms with Gasteiger partial charge in [0.1, 0.15) is 12.4 Å². The summed E-state index contributed by atoms with van der Waals surface area (Å²) in [6, 6.07) is 15.2. The van der Waals surface area contributed by atoms with E-state index in [1.54, 1.807) is 24.3 Å². The zero-order valence-electron chi connectivity index (χ0n) is 17.5. The second-order valence-electron chi connectivity index (χ2n) is 6.92. The van der Waals surface area contributed by atoms with E-state index in [1.165, 1.54) is 49.7 Å². The molecule has 0 spiro atoms. The third-order valence-corrected chi connectivity index (χ3v) is 4.80. The number of benzene rings is 3. The summed E-state index contributed by atoms with van der Waals surface area (Å²) in [6.45, 7) is 0.156. The van der Waals surface area contributed by atoms with Gasteiger partial charge in [-0.3, -0.25) is 4.79 Å². The molecule has 33 heavy (non-hydrogen) atoms. The number of hydrazone groups is 1. The molecule has 0 saturated carbocycles. The Kier molecular flexibility index (Phi) is 7.99. The number of halogens is 2. The smallest absolute Gasteiger partial charge is 0.335 e. The Hall–Kier alpha value is -3.91. The van der Waals surface area contributed by atoms with Gasteiger partial charge in [-0.25, -0.2) is 14.6 Å². The number of rotatable bonds is 9. The molecule has 0 aliphatic carbocycles. The predicted octanol–water partition coefficient (Wildman–Crippen LogP) is 4.46. The molecule has 0 aliphatic heterocycles. The fraction of sp³-hybridized carbons (Fsp3) is 0.125. The molecule has 2 N–H and O–H groups in total. The summed E-state index contributed by atoms with van der Waals surface area (Å²) >= 11 is 6.35. The molecule has 170 valence electrons. The number of aromatic carboxylic acids is 1. The molecule has 7 nitrogen and oxygen atoms in total. The highest BCUT2D eigenvalue weighted by Gasteiger charge is 2.12. The highest BCUT2D eigenvalue weighted by atomic mass is 35.5. The lowest BCUT2D eigenvalue weighted by atomic mass is 10.1. The zero-order chi connectivity index (χ0) is 23.8. The molecule has 3 aromatic rings. The SMILES string of the molecule is COc1cc(/C=N/NC(=O)Cc2ccc(F)cc2)cc(Cl)c1OCc1ccc(C(=O)O)cc1. The fourth-order valence-electron chi connectivity index (χ4n) is 2.86. The van der Waals surface area contributed by atoms with E-state index in [2.05, 4.69) is 10.5 Å². The fourth-order valence-corrected chi connectivity index (χ4v) is 3.13. The lowest BCUT2D eigenvalue weighted by molar-refractivity contribution is -0.120. The van der Waals surface area contributed by atoms with Gasteiger partial charge in [-0.2, -0.15) is 5.10 Å². The van der Waals surface area contributed by atoms with Gasteiger partial charge in [0.15, 0.2) is 11.5 Å². The maximum absolute atomic E-state index is 12.9. The van der Waals surface area contributed by atoms with Gasteiger partial charge in [-0.15, -0.1) is 0 Å². The second kappa shape index (κ2) is 11.1. The molecule has 0 bridgehead atoms. The summed E-state index contributed by atoms with van der Waals surface area (Å²) in [5.74, 6) is -1.05. The highest BCUT2D eigenvalue weighted by Crippen LogP contribution is 2.36. The summed E-state index contributed by atoms with van der Waals surface area (Å²) in [7, 11) is 1.46. The first-order valence-corrected chi connectivity index (χ1v) is 10.1. The molecule has 0 radical (unpaired) electrons. The van der Waals surface area contributed by atoms with Crippen molar-refractivity contribution in [1.29, 1.82) is 0 Å². The van der Waals surface area contributed by atoms with Gasteiger partial charge in [-0.1, -0.05) is 35.9 Å². The number of hydrogen-bond donors (Lipinski definition) is 2. The van der Waals surface area contributed by atoms with Crippen LogP contribution in [0.1, 0.15) is 27.0 Å². The van der Waals surface area contributed by atoms with E-state index >= 15 is 0 Å². The van der Waals surface area contributed by atoms with E-state index in [4.69, 9.17) is 26.2 Å². The molecule has 0 aromatic heterocycles. The minimum atomic E-state index is -1.00. The summed E-state index contributed by atoms with van der Waals surface area (Å²) < 4.78 is 24.1. The van der Waals surface area contributed by atoms with Crippen LogP contribution < -0.4 is 14.9 Å². The summed E-state index contributed by atoms with van der Waals surface area (Å²) in [6.07, 6.45) is 1.47. The third kappa shape index (κ3) is 6.78. The lowest BCUT2D eigenvalue weighted by Gasteiger charge is -2.13. The minimum absolute atomic E-state index is 0.0575. The monoisotopic (exact) mass is 470 g/mol. The van der Waals surface area contributed by atoms with E-state index < -0.39 is 5.97 Å².